The van der Waals surface area contributed by atoms with E-state index < -0.39 is 0 Å². The van der Waals surface area contributed by atoms with E-state index in [2.05, 4.69) is 11.1 Å². The van der Waals surface area contributed by atoms with Crippen LogP contribution >= 0.6 is 0 Å². The average Bonchev–Trinajstić information content (AvgIpc) is 3.30. The largest absolute Gasteiger partial charge is 0.497 e. The zero-order valence-electron chi connectivity index (χ0n) is 13.4. The minimum absolute atomic E-state index is 0.0594. The first kappa shape index (κ1) is 14.6. The number of nitrogens with zero attached hydrogens (tertiary/aromatic N) is 1. The number of hydrogen-bond donors (Lipinski definition) is 1. The summed E-state index contributed by atoms with van der Waals surface area (Å²) in [5, 5.41) is 1.14. The van der Waals surface area contributed by atoms with Crippen LogP contribution in [-0.2, 0) is 0 Å². The van der Waals surface area contributed by atoms with Crippen molar-refractivity contribution in [1.29, 1.82) is 0 Å². The highest BCUT2D eigenvalue weighted by Crippen LogP contribution is 2.31. The molecule has 0 unspecified atom stereocenters. The first-order chi connectivity index (χ1) is 11.8. The van der Waals surface area contributed by atoms with Gasteiger partial charge in [-0.1, -0.05) is 6.08 Å². The summed E-state index contributed by atoms with van der Waals surface area (Å²) in [4.78, 5) is 17.4. The maximum Gasteiger partial charge on any atom is 0.289 e. The molecule has 0 fully saturated rings. The standard InChI is InChI=1S/C19H18N2O3/c1-23-14-4-5-17-15(11-14)16(12-20-17)13-6-8-21(9-7-13)19(22)18-3-2-10-24-18/h2-6,10-12,20H,7-9H2,1H3. The van der Waals surface area contributed by atoms with Crippen LogP contribution in [0.2, 0.25) is 0 Å². The van der Waals surface area contributed by atoms with Gasteiger partial charge in [0.2, 0.25) is 0 Å². The van der Waals surface area contributed by atoms with Crippen molar-refractivity contribution in [2.24, 2.45) is 0 Å². The number of furan rings is 1. The van der Waals surface area contributed by atoms with Gasteiger partial charge in [0.05, 0.1) is 13.4 Å². The zero-order chi connectivity index (χ0) is 16.5. The summed E-state index contributed by atoms with van der Waals surface area (Å²) < 4.78 is 10.5. The van der Waals surface area contributed by atoms with Crippen LogP contribution in [-0.4, -0.2) is 36.0 Å². The third kappa shape index (κ3) is 2.48. The summed E-state index contributed by atoms with van der Waals surface area (Å²) in [7, 11) is 1.67. The van der Waals surface area contributed by atoms with Crippen molar-refractivity contribution in [1.82, 2.24) is 9.88 Å². The molecule has 0 aliphatic carbocycles. The summed E-state index contributed by atoms with van der Waals surface area (Å²) in [5.41, 5.74) is 3.51. The molecule has 0 radical (unpaired) electrons. The Morgan fingerprint density at radius 3 is 2.96 bits per heavy atom. The van der Waals surface area contributed by atoms with Crippen molar-refractivity contribution in [3.63, 3.8) is 0 Å². The molecule has 1 aliphatic heterocycles. The van der Waals surface area contributed by atoms with Crippen molar-refractivity contribution in [3.8, 4) is 5.75 Å². The second-order valence-electron chi connectivity index (χ2n) is 5.82. The third-order valence-corrected chi connectivity index (χ3v) is 4.46. The highest BCUT2D eigenvalue weighted by atomic mass is 16.5. The number of fused-ring (bicyclic) bond motifs is 1. The van der Waals surface area contributed by atoms with Crippen LogP contribution in [0.15, 0.2) is 53.3 Å². The second kappa shape index (κ2) is 5.92. The smallest absolute Gasteiger partial charge is 0.289 e. The highest BCUT2D eigenvalue weighted by Gasteiger charge is 2.22. The zero-order valence-corrected chi connectivity index (χ0v) is 13.4. The van der Waals surface area contributed by atoms with E-state index in [9.17, 15) is 4.79 Å². The molecule has 0 saturated heterocycles. The highest BCUT2D eigenvalue weighted by molar-refractivity contribution is 5.95. The number of carbonyl (C=O) groups is 1. The molecule has 3 aromatic rings. The Bertz CT molecular complexity index is 906. The fourth-order valence-corrected chi connectivity index (χ4v) is 3.15. The SMILES string of the molecule is COc1ccc2[nH]cc(C3=CCN(C(=O)c4ccco4)CC3)c2c1. The molecule has 5 nitrogen and oxygen atoms in total. The van der Waals surface area contributed by atoms with E-state index in [1.165, 1.54) is 17.4 Å². The Morgan fingerprint density at radius 1 is 1.33 bits per heavy atom. The maximum atomic E-state index is 12.3. The van der Waals surface area contributed by atoms with E-state index in [0.717, 1.165) is 23.1 Å². The van der Waals surface area contributed by atoms with Gasteiger partial charge < -0.3 is 19.0 Å². The molecule has 1 amide bonds. The Labute approximate surface area is 139 Å². The number of carbonyl (C=O) groups excluding carboxylic acids is 1. The van der Waals surface area contributed by atoms with Crippen molar-refractivity contribution < 1.29 is 13.9 Å². The van der Waals surface area contributed by atoms with Crippen LogP contribution < -0.4 is 4.74 Å². The summed E-state index contributed by atoms with van der Waals surface area (Å²) in [6.07, 6.45) is 6.49. The van der Waals surface area contributed by atoms with Crippen LogP contribution in [0.25, 0.3) is 16.5 Å². The molecule has 2 aromatic heterocycles. The average molecular weight is 322 g/mol. The monoisotopic (exact) mass is 322 g/mol. The van der Waals surface area contributed by atoms with Crippen molar-refractivity contribution in [3.05, 3.63) is 60.2 Å². The number of ether oxygens (including phenoxy) is 1. The summed E-state index contributed by atoms with van der Waals surface area (Å²) in [6.45, 7) is 1.27. The maximum absolute atomic E-state index is 12.3. The van der Waals surface area contributed by atoms with Gasteiger partial charge in [-0.25, -0.2) is 0 Å². The number of benzene rings is 1. The Hall–Kier alpha value is -2.95. The topological polar surface area (TPSA) is 58.5 Å². The van der Waals surface area contributed by atoms with Crippen LogP contribution in [0, 0.1) is 0 Å². The summed E-state index contributed by atoms with van der Waals surface area (Å²) in [6, 6.07) is 9.45. The van der Waals surface area contributed by atoms with Gasteiger partial charge in [0.15, 0.2) is 5.76 Å². The molecule has 0 bridgehead atoms. The lowest BCUT2D eigenvalue weighted by molar-refractivity contribution is 0.0741. The number of aromatic amines is 1. The van der Waals surface area contributed by atoms with Gasteiger partial charge in [0, 0.05) is 35.8 Å². The van der Waals surface area contributed by atoms with Gasteiger partial charge in [-0.15, -0.1) is 0 Å². The van der Waals surface area contributed by atoms with Crippen molar-refractivity contribution in [2.45, 2.75) is 6.42 Å². The molecule has 122 valence electrons. The summed E-state index contributed by atoms with van der Waals surface area (Å²) >= 11 is 0. The van der Waals surface area contributed by atoms with Gasteiger partial charge in [-0.3, -0.25) is 4.79 Å². The van der Waals surface area contributed by atoms with E-state index in [1.54, 1.807) is 24.1 Å². The van der Waals surface area contributed by atoms with E-state index in [4.69, 9.17) is 9.15 Å². The molecule has 4 rings (SSSR count). The molecule has 3 heterocycles. The fourth-order valence-electron chi connectivity index (χ4n) is 3.15. The number of nitrogens with one attached hydrogen (secondary N) is 1. The van der Waals surface area contributed by atoms with Gasteiger partial charge in [0.25, 0.3) is 5.91 Å². The fraction of sp³-hybridized carbons (Fsp3) is 0.211. The van der Waals surface area contributed by atoms with Crippen molar-refractivity contribution >= 4 is 22.4 Å². The number of amides is 1. The lowest BCUT2D eigenvalue weighted by Gasteiger charge is -2.25. The Balaban J connectivity index is 1.59. The molecular formula is C19H18N2O3. The first-order valence-corrected chi connectivity index (χ1v) is 7.93. The Morgan fingerprint density at radius 2 is 2.25 bits per heavy atom. The van der Waals surface area contributed by atoms with Gasteiger partial charge in [-0.05, 0) is 42.3 Å². The molecule has 24 heavy (non-hydrogen) atoms. The first-order valence-electron chi connectivity index (χ1n) is 7.93. The van der Waals surface area contributed by atoms with Gasteiger partial charge in [0.1, 0.15) is 5.75 Å². The van der Waals surface area contributed by atoms with Crippen LogP contribution in [0.3, 0.4) is 0 Å². The van der Waals surface area contributed by atoms with E-state index in [1.807, 2.05) is 24.4 Å². The van der Waals surface area contributed by atoms with Crippen LogP contribution in [0.5, 0.6) is 5.75 Å². The predicted molar refractivity (Wildman–Crippen MR) is 92.1 cm³/mol. The third-order valence-electron chi connectivity index (χ3n) is 4.46. The predicted octanol–water partition coefficient (Wildman–Crippen LogP) is 3.70. The minimum Gasteiger partial charge on any atom is -0.497 e. The lowest BCUT2D eigenvalue weighted by Crippen LogP contribution is -2.34. The molecule has 5 heteroatoms. The number of methoxy groups -OCH3 is 1. The van der Waals surface area contributed by atoms with E-state index >= 15 is 0 Å². The van der Waals surface area contributed by atoms with E-state index in [-0.39, 0.29) is 5.91 Å². The molecule has 0 spiro atoms. The normalized spacial score (nSPS) is 14.7. The molecule has 0 saturated carbocycles. The second-order valence-corrected chi connectivity index (χ2v) is 5.82. The quantitative estimate of drug-likeness (QED) is 0.800. The molecule has 1 aliphatic rings. The lowest BCUT2D eigenvalue weighted by atomic mass is 9.98. The van der Waals surface area contributed by atoms with Crippen LogP contribution in [0.4, 0.5) is 0 Å². The number of aromatic nitrogens is 1. The molecule has 1 N–H and O–H groups in total. The van der Waals surface area contributed by atoms with E-state index in [0.29, 0.717) is 18.8 Å². The number of rotatable bonds is 3. The summed E-state index contributed by atoms with van der Waals surface area (Å²) in [5.74, 6) is 1.17. The number of H-pyrrole nitrogens is 1. The van der Waals surface area contributed by atoms with Gasteiger partial charge in [-0.2, -0.15) is 0 Å². The number of hydrogen-bond acceptors (Lipinski definition) is 3. The van der Waals surface area contributed by atoms with Crippen molar-refractivity contribution in [2.75, 3.05) is 20.2 Å². The van der Waals surface area contributed by atoms with Gasteiger partial charge >= 0.3 is 0 Å². The Kier molecular flexibility index (Phi) is 3.61. The van der Waals surface area contributed by atoms with Crippen LogP contribution in [0.1, 0.15) is 22.5 Å². The molecule has 1 aromatic carbocycles. The minimum atomic E-state index is -0.0594. The molecule has 0 atom stereocenters. The molecular weight excluding hydrogens is 304 g/mol.